The van der Waals surface area contributed by atoms with Crippen molar-refractivity contribution in [3.63, 3.8) is 0 Å². The van der Waals surface area contributed by atoms with E-state index in [1.54, 1.807) is 31.2 Å². The van der Waals surface area contributed by atoms with Crippen LogP contribution in [0.4, 0.5) is 11.4 Å². The van der Waals surface area contributed by atoms with Crippen molar-refractivity contribution in [2.24, 2.45) is 0 Å². The summed E-state index contributed by atoms with van der Waals surface area (Å²) in [5.74, 6) is -1.30. The van der Waals surface area contributed by atoms with Crippen LogP contribution in [0.5, 0.6) is 0 Å². The third-order valence-corrected chi connectivity index (χ3v) is 7.14. The average molecular weight is 486 g/mol. The maximum atomic E-state index is 13.8. The zero-order chi connectivity index (χ0) is 24.7. The Bertz CT molecular complexity index is 1420. The molecule has 1 aliphatic heterocycles. The van der Waals surface area contributed by atoms with Gasteiger partial charge in [0.25, 0.3) is 5.91 Å². The molecule has 0 saturated heterocycles. The molecule has 7 nitrogen and oxygen atoms in total. The summed E-state index contributed by atoms with van der Waals surface area (Å²) in [7, 11) is 3.85. The van der Waals surface area contributed by atoms with Crippen molar-refractivity contribution in [3.05, 3.63) is 101 Å². The van der Waals surface area contributed by atoms with E-state index in [-0.39, 0.29) is 5.57 Å². The number of hydrogen-bond acceptors (Lipinski definition) is 7. The highest BCUT2D eigenvalue weighted by atomic mass is 32.1. The van der Waals surface area contributed by atoms with E-state index in [2.05, 4.69) is 4.98 Å². The number of rotatable bonds is 6. The van der Waals surface area contributed by atoms with E-state index < -0.39 is 23.5 Å². The fourth-order valence-electron chi connectivity index (χ4n) is 4.16. The van der Waals surface area contributed by atoms with Crippen LogP contribution in [0, 0.1) is 6.92 Å². The van der Waals surface area contributed by atoms with Gasteiger partial charge in [-0.3, -0.25) is 14.5 Å². The molecule has 2 aromatic heterocycles. The normalized spacial score (nSPS) is 15.7. The number of benzene rings is 2. The lowest BCUT2D eigenvalue weighted by atomic mass is 9.99. The summed E-state index contributed by atoms with van der Waals surface area (Å²) in [6, 6.07) is 19.4. The summed E-state index contributed by atoms with van der Waals surface area (Å²) < 4.78 is 5.64. The monoisotopic (exact) mass is 485 g/mol. The van der Waals surface area contributed by atoms with Crippen LogP contribution in [-0.2, 0) is 4.79 Å². The Kier molecular flexibility index (Phi) is 5.74. The van der Waals surface area contributed by atoms with Gasteiger partial charge in [0.15, 0.2) is 5.76 Å². The highest BCUT2D eigenvalue weighted by molar-refractivity contribution is 7.17. The molecule has 0 fully saturated rings. The second kappa shape index (κ2) is 8.88. The predicted molar refractivity (Wildman–Crippen MR) is 136 cm³/mol. The molecule has 0 aliphatic carbocycles. The number of nitrogens with zero attached hydrogens (tertiary/aromatic N) is 3. The van der Waals surface area contributed by atoms with Crippen molar-refractivity contribution in [1.29, 1.82) is 0 Å². The number of aryl methyl sites for hydroxylation is 1. The second-order valence-corrected chi connectivity index (χ2v) is 9.39. The third-order valence-electron chi connectivity index (χ3n) is 5.93. The molecule has 1 unspecified atom stereocenters. The predicted octanol–water partition coefficient (Wildman–Crippen LogP) is 5.56. The number of thiazole rings is 1. The number of Topliss-reactive ketones (excluding diaryl/α,β-unsaturated/α-hetero) is 1. The minimum Gasteiger partial charge on any atom is -0.503 e. The van der Waals surface area contributed by atoms with E-state index >= 15 is 0 Å². The quantitative estimate of drug-likeness (QED) is 0.360. The minimum atomic E-state index is -0.906. The molecule has 0 saturated carbocycles. The van der Waals surface area contributed by atoms with Gasteiger partial charge in [-0.05, 0) is 43.3 Å². The van der Waals surface area contributed by atoms with Gasteiger partial charge in [-0.2, -0.15) is 0 Å². The molecule has 4 aromatic rings. The zero-order valence-electron chi connectivity index (χ0n) is 19.4. The van der Waals surface area contributed by atoms with Gasteiger partial charge in [-0.1, -0.05) is 30.3 Å². The van der Waals surface area contributed by atoms with Crippen molar-refractivity contribution in [3.8, 4) is 10.6 Å². The molecule has 0 radical (unpaired) electrons. The lowest BCUT2D eigenvalue weighted by Crippen LogP contribution is -2.30. The van der Waals surface area contributed by atoms with E-state index in [1.807, 2.05) is 61.5 Å². The molecule has 176 valence electrons. The molecular weight excluding hydrogens is 462 g/mol. The van der Waals surface area contributed by atoms with Crippen molar-refractivity contribution in [1.82, 2.24) is 4.98 Å². The number of aliphatic hydroxyl groups excluding tert-OH is 1. The lowest BCUT2D eigenvalue weighted by Gasteiger charge is -2.25. The molecule has 0 spiro atoms. The summed E-state index contributed by atoms with van der Waals surface area (Å²) in [5.41, 5.74) is 2.91. The number of furan rings is 1. The third kappa shape index (κ3) is 3.91. The van der Waals surface area contributed by atoms with Crippen LogP contribution in [0.3, 0.4) is 0 Å². The van der Waals surface area contributed by atoms with E-state index in [0.717, 1.165) is 11.3 Å². The number of carbonyl (C=O) groups is 2. The standard InChI is InChI=1S/C27H23N3O4S/c1-16-25(35-26(28-16)17-8-5-4-6-9-17)23(31)21-22(20-10-7-15-34-20)30(27(33)24(21)32)19-13-11-18(12-14-19)29(2)3/h4-15,22,32H,1-3H3. The first-order valence-electron chi connectivity index (χ1n) is 11.0. The molecule has 1 amide bonds. The number of hydrogen-bond donors (Lipinski definition) is 1. The van der Waals surface area contributed by atoms with Crippen molar-refractivity contribution in [2.75, 3.05) is 23.9 Å². The van der Waals surface area contributed by atoms with E-state index in [9.17, 15) is 14.7 Å². The Labute approximate surface area is 206 Å². The number of aromatic nitrogens is 1. The van der Waals surface area contributed by atoms with Gasteiger partial charge >= 0.3 is 0 Å². The molecule has 3 heterocycles. The molecule has 1 N–H and O–H groups in total. The van der Waals surface area contributed by atoms with E-state index in [1.165, 1.54) is 22.5 Å². The Morgan fingerprint density at radius 3 is 2.40 bits per heavy atom. The highest BCUT2D eigenvalue weighted by Gasteiger charge is 2.46. The Morgan fingerprint density at radius 2 is 1.77 bits per heavy atom. The number of ketones is 1. The first-order valence-corrected chi connectivity index (χ1v) is 11.8. The molecular formula is C27H23N3O4S. The molecule has 2 aromatic carbocycles. The molecule has 1 atom stereocenters. The topological polar surface area (TPSA) is 86.9 Å². The maximum Gasteiger partial charge on any atom is 0.294 e. The molecule has 0 bridgehead atoms. The molecule has 5 rings (SSSR count). The number of carbonyl (C=O) groups excluding carboxylic acids is 2. The summed E-state index contributed by atoms with van der Waals surface area (Å²) in [4.78, 5) is 35.4. The molecule has 35 heavy (non-hydrogen) atoms. The fourth-order valence-corrected chi connectivity index (χ4v) is 5.19. The molecule has 8 heteroatoms. The summed E-state index contributed by atoms with van der Waals surface area (Å²) in [6.45, 7) is 1.75. The number of aliphatic hydroxyl groups is 1. The van der Waals surface area contributed by atoms with Crippen LogP contribution in [0.1, 0.15) is 27.2 Å². The van der Waals surface area contributed by atoms with Gasteiger partial charge in [0.1, 0.15) is 16.8 Å². The Hall–Kier alpha value is -4.17. The van der Waals surface area contributed by atoms with Crippen molar-refractivity contribution in [2.45, 2.75) is 13.0 Å². The Morgan fingerprint density at radius 1 is 1.06 bits per heavy atom. The minimum absolute atomic E-state index is 0.0204. The van der Waals surface area contributed by atoms with Gasteiger partial charge in [0, 0.05) is 31.0 Å². The van der Waals surface area contributed by atoms with E-state index in [4.69, 9.17) is 4.42 Å². The Balaban J connectivity index is 1.58. The van der Waals surface area contributed by atoms with Gasteiger partial charge in [0.2, 0.25) is 5.78 Å². The van der Waals surface area contributed by atoms with Crippen LogP contribution in [0.15, 0.2) is 88.7 Å². The SMILES string of the molecule is Cc1nc(-c2ccccc2)sc1C(=O)C1=C(O)C(=O)N(c2ccc(N(C)C)cc2)C1c1ccco1. The number of amides is 1. The van der Waals surface area contributed by atoms with E-state index in [0.29, 0.717) is 27.0 Å². The largest absolute Gasteiger partial charge is 0.503 e. The van der Waals surface area contributed by atoms with Crippen LogP contribution in [0.25, 0.3) is 10.6 Å². The second-order valence-electron chi connectivity index (χ2n) is 8.39. The first kappa shape index (κ1) is 22.6. The summed E-state index contributed by atoms with van der Waals surface area (Å²) in [5, 5.41) is 11.6. The van der Waals surface area contributed by atoms with Crippen LogP contribution in [-0.4, -0.2) is 35.9 Å². The number of anilines is 2. The summed E-state index contributed by atoms with van der Waals surface area (Å²) >= 11 is 1.24. The van der Waals surface area contributed by atoms with Crippen LogP contribution >= 0.6 is 11.3 Å². The highest BCUT2D eigenvalue weighted by Crippen LogP contribution is 2.43. The smallest absolute Gasteiger partial charge is 0.294 e. The van der Waals surface area contributed by atoms with Crippen molar-refractivity contribution < 1.29 is 19.1 Å². The first-order chi connectivity index (χ1) is 16.9. The molecule has 1 aliphatic rings. The van der Waals surface area contributed by atoms with Crippen LogP contribution in [0.2, 0.25) is 0 Å². The maximum absolute atomic E-state index is 13.8. The van der Waals surface area contributed by atoms with Gasteiger partial charge in [-0.15, -0.1) is 11.3 Å². The van der Waals surface area contributed by atoms with Gasteiger partial charge in [0.05, 0.1) is 22.4 Å². The van der Waals surface area contributed by atoms with Gasteiger partial charge < -0.3 is 14.4 Å². The van der Waals surface area contributed by atoms with Crippen LogP contribution < -0.4 is 9.80 Å². The van der Waals surface area contributed by atoms with Gasteiger partial charge in [-0.25, -0.2) is 4.98 Å². The fraction of sp³-hybridized carbons (Fsp3) is 0.148. The van der Waals surface area contributed by atoms with Crippen molar-refractivity contribution >= 4 is 34.4 Å². The zero-order valence-corrected chi connectivity index (χ0v) is 20.2. The summed E-state index contributed by atoms with van der Waals surface area (Å²) in [6.07, 6.45) is 1.48. The lowest BCUT2D eigenvalue weighted by molar-refractivity contribution is -0.117. The average Bonchev–Trinajstić information content (AvgIpc) is 3.59.